The van der Waals surface area contributed by atoms with E-state index in [1.54, 1.807) is 6.20 Å². The van der Waals surface area contributed by atoms with E-state index in [4.69, 9.17) is 9.47 Å². The zero-order valence-corrected chi connectivity index (χ0v) is 15.1. The lowest BCUT2D eigenvalue weighted by Gasteiger charge is -2.20. The minimum atomic E-state index is 0.277. The Morgan fingerprint density at radius 1 is 1.04 bits per heavy atom. The zero-order valence-electron chi connectivity index (χ0n) is 15.1. The molecule has 2 heterocycles. The van der Waals surface area contributed by atoms with Gasteiger partial charge in [0.1, 0.15) is 0 Å². The van der Waals surface area contributed by atoms with Crippen LogP contribution in [0, 0.1) is 0 Å². The molecule has 0 saturated carbocycles. The molecule has 1 N–H and O–H groups in total. The van der Waals surface area contributed by atoms with Crippen LogP contribution in [0.5, 0.6) is 11.5 Å². The molecule has 0 unspecified atom stereocenters. The number of ether oxygens (including phenoxy) is 2. The molecule has 0 spiro atoms. The smallest absolute Gasteiger partial charge is 0.247 e. The lowest BCUT2D eigenvalue weighted by Crippen LogP contribution is -2.25. The van der Waals surface area contributed by atoms with Crippen molar-refractivity contribution < 1.29 is 9.47 Å². The number of nitrogens with one attached hydrogen (secondary N) is 1. The van der Waals surface area contributed by atoms with E-state index in [0.29, 0.717) is 18.3 Å². The van der Waals surface area contributed by atoms with E-state index < -0.39 is 0 Å². The van der Waals surface area contributed by atoms with Crippen LogP contribution < -0.4 is 19.7 Å². The summed E-state index contributed by atoms with van der Waals surface area (Å²) in [6, 6.07) is 16.2. The van der Waals surface area contributed by atoms with Crippen molar-refractivity contribution in [3.8, 4) is 11.5 Å². The van der Waals surface area contributed by atoms with Gasteiger partial charge in [-0.15, -0.1) is 5.10 Å². The monoisotopic (exact) mass is 363 g/mol. The molecular weight excluding hydrogens is 342 g/mol. The Morgan fingerprint density at radius 2 is 1.89 bits per heavy atom. The van der Waals surface area contributed by atoms with E-state index in [1.165, 1.54) is 5.56 Å². The SMILES string of the molecule is CCN(Cc1ccccc1)c1nncc(NCc2ccc3c(c2)OCO3)n1. The minimum Gasteiger partial charge on any atom is -0.454 e. The highest BCUT2D eigenvalue weighted by molar-refractivity contribution is 5.46. The quantitative estimate of drug-likeness (QED) is 0.691. The number of fused-ring (bicyclic) bond motifs is 1. The van der Waals surface area contributed by atoms with Gasteiger partial charge in [-0.3, -0.25) is 0 Å². The van der Waals surface area contributed by atoms with E-state index in [1.807, 2.05) is 36.4 Å². The van der Waals surface area contributed by atoms with Gasteiger partial charge in [0.25, 0.3) is 0 Å². The van der Waals surface area contributed by atoms with E-state index in [2.05, 4.69) is 44.5 Å². The fourth-order valence-electron chi connectivity index (χ4n) is 2.88. The minimum absolute atomic E-state index is 0.277. The molecular formula is C20H21N5O2. The number of anilines is 2. The average molecular weight is 363 g/mol. The Morgan fingerprint density at radius 3 is 2.74 bits per heavy atom. The Balaban J connectivity index is 1.43. The first-order chi connectivity index (χ1) is 13.3. The molecule has 0 amide bonds. The van der Waals surface area contributed by atoms with Gasteiger partial charge >= 0.3 is 0 Å². The molecule has 7 nitrogen and oxygen atoms in total. The Bertz CT molecular complexity index is 904. The van der Waals surface area contributed by atoms with Crippen LogP contribution in [0.15, 0.2) is 54.7 Å². The summed E-state index contributed by atoms with van der Waals surface area (Å²) >= 11 is 0. The maximum absolute atomic E-state index is 5.42. The number of nitrogens with zero attached hydrogens (tertiary/aromatic N) is 4. The predicted octanol–water partition coefficient (Wildman–Crippen LogP) is 3.24. The summed E-state index contributed by atoms with van der Waals surface area (Å²) in [6.45, 7) is 4.51. The lowest BCUT2D eigenvalue weighted by molar-refractivity contribution is 0.174. The van der Waals surface area contributed by atoms with E-state index in [-0.39, 0.29) is 6.79 Å². The van der Waals surface area contributed by atoms with Crippen LogP contribution in [0.1, 0.15) is 18.1 Å². The van der Waals surface area contributed by atoms with Crippen LogP contribution in [0.3, 0.4) is 0 Å². The first kappa shape index (κ1) is 17.1. The molecule has 0 saturated heterocycles. The molecule has 0 radical (unpaired) electrons. The molecule has 0 bridgehead atoms. The van der Waals surface area contributed by atoms with Crippen LogP contribution in [-0.2, 0) is 13.1 Å². The van der Waals surface area contributed by atoms with Crippen molar-refractivity contribution in [1.82, 2.24) is 15.2 Å². The average Bonchev–Trinajstić information content (AvgIpc) is 3.19. The van der Waals surface area contributed by atoms with Crippen LogP contribution in [0.25, 0.3) is 0 Å². The summed E-state index contributed by atoms with van der Waals surface area (Å²) in [6.07, 6.45) is 1.63. The molecule has 4 rings (SSSR count). The standard InChI is InChI=1S/C20H21N5O2/c1-2-25(13-15-6-4-3-5-7-15)20-23-19(12-22-24-20)21-11-16-8-9-17-18(10-16)27-14-26-17/h3-10,12H,2,11,13-14H2,1H3,(H,21,23,24). The van der Waals surface area contributed by atoms with E-state index in [9.17, 15) is 0 Å². The van der Waals surface area contributed by atoms with Crippen molar-refractivity contribution in [2.45, 2.75) is 20.0 Å². The number of rotatable bonds is 7. The number of hydrogen-bond donors (Lipinski definition) is 1. The van der Waals surface area contributed by atoms with Crippen molar-refractivity contribution in [1.29, 1.82) is 0 Å². The molecule has 0 atom stereocenters. The Hall–Kier alpha value is -3.35. The predicted molar refractivity (Wildman–Crippen MR) is 103 cm³/mol. The molecule has 7 heteroatoms. The Kier molecular flexibility index (Phi) is 5.00. The number of hydrogen-bond acceptors (Lipinski definition) is 7. The molecule has 138 valence electrons. The topological polar surface area (TPSA) is 72.4 Å². The molecule has 0 aliphatic carbocycles. The van der Waals surface area contributed by atoms with Crippen LogP contribution in [-0.4, -0.2) is 28.5 Å². The van der Waals surface area contributed by atoms with Crippen molar-refractivity contribution in [2.24, 2.45) is 0 Å². The van der Waals surface area contributed by atoms with Crippen molar-refractivity contribution in [2.75, 3.05) is 23.6 Å². The largest absolute Gasteiger partial charge is 0.454 e. The number of aromatic nitrogens is 3. The summed E-state index contributed by atoms with van der Waals surface area (Å²) in [5.41, 5.74) is 2.29. The highest BCUT2D eigenvalue weighted by Crippen LogP contribution is 2.32. The van der Waals surface area contributed by atoms with Gasteiger partial charge < -0.3 is 19.7 Å². The lowest BCUT2D eigenvalue weighted by atomic mass is 10.2. The summed E-state index contributed by atoms with van der Waals surface area (Å²) in [5.74, 6) is 2.85. The van der Waals surface area contributed by atoms with E-state index in [0.717, 1.165) is 30.2 Å². The van der Waals surface area contributed by atoms with Gasteiger partial charge in [-0.25, -0.2) is 0 Å². The fraction of sp³-hybridized carbons (Fsp3) is 0.250. The van der Waals surface area contributed by atoms with Crippen LogP contribution in [0.4, 0.5) is 11.8 Å². The van der Waals surface area contributed by atoms with Gasteiger partial charge in [-0.2, -0.15) is 10.1 Å². The normalized spacial score (nSPS) is 12.0. The zero-order chi connectivity index (χ0) is 18.5. The van der Waals surface area contributed by atoms with Gasteiger partial charge in [0, 0.05) is 19.6 Å². The molecule has 3 aromatic rings. The summed E-state index contributed by atoms with van der Waals surface area (Å²) in [4.78, 5) is 6.70. The number of benzene rings is 2. The van der Waals surface area contributed by atoms with Gasteiger partial charge in [-0.05, 0) is 30.2 Å². The highest BCUT2D eigenvalue weighted by atomic mass is 16.7. The third-order valence-electron chi connectivity index (χ3n) is 4.34. The second-order valence-electron chi connectivity index (χ2n) is 6.18. The fourth-order valence-corrected chi connectivity index (χ4v) is 2.88. The molecule has 27 heavy (non-hydrogen) atoms. The molecule has 0 fully saturated rings. The van der Waals surface area contributed by atoms with Gasteiger partial charge in [0.05, 0.1) is 6.20 Å². The molecule has 1 aromatic heterocycles. The third-order valence-corrected chi connectivity index (χ3v) is 4.34. The van der Waals surface area contributed by atoms with Gasteiger partial charge in [-0.1, -0.05) is 36.4 Å². The van der Waals surface area contributed by atoms with Gasteiger partial charge in [0.15, 0.2) is 17.3 Å². The van der Waals surface area contributed by atoms with E-state index >= 15 is 0 Å². The van der Waals surface area contributed by atoms with Crippen LogP contribution in [0.2, 0.25) is 0 Å². The summed E-state index contributed by atoms with van der Waals surface area (Å²) in [7, 11) is 0. The maximum Gasteiger partial charge on any atom is 0.247 e. The van der Waals surface area contributed by atoms with Crippen molar-refractivity contribution in [3.05, 3.63) is 65.9 Å². The third kappa shape index (κ3) is 4.08. The Labute approximate surface area is 158 Å². The van der Waals surface area contributed by atoms with Crippen molar-refractivity contribution >= 4 is 11.8 Å². The van der Waals surface area contributed by atoms with Crippen molar-refractivity contribution in [3.63, 3.8) is 0 Å². The van der Waals surface area contributed by atoms with Gasteiger partial charge in [0.2, 0.25) is 12.7 Å². The summed E-state index contributed by atoms with van der Waals surface area (Å²) < 4.78 is 10.8. The molecule has 1 aliphatic rings. The van der Waals surface area contributed by atoms with Crippen LogP contribution >= 0.6 is 0 Å². The maximum atomic E-state index is 5.42. The first-order valence-electron chi connectivity index (χ1n) is 8.93. The highest BCUT2D eigenvalue weighted by Gasteiger charge is 2.14. The second kappa shape index (κ2) is 7.90. The second-order valence-corrected chi connectivity index (χ2v) is 6.18. The molecule has 2 aromatic carbocycles. The summed E-state index contributed by atoms with van der Waals surface area (Å²) in [5, 5.41) is 11.6. The first-order valence-corrected chi connectivity index (χ1v) is 8.93. The molecule has 1 aliphatic heterocycles.